The van der Waals surface area contributed by atoms with E-state index in [1.807, 2.05) is 4.90 Å². The Balaban J connectivity index is 1.34. The number of carbonyl (C=O) groups excluding carboxylic acids is 1. The van der Waals surface area contributed by atoms with Crippen molar-refractivity contribution >= 4 is 5.91 Å². The first-order chi connectivity index (χ1) is 13.5. The Labute approximate surface area is 169 Å². The molecule has 0 N–H and O–H groups in total. The molecule has 0 atom stereocenters. The normalized spacial score (nSPS) is 19.2. The molecule has 0 spiro atoms. The van der Waals surface area contributed by atoms with Crippen molar-refractivity contribution in [2.75, 3.05) is 72.2 Å². The molecule has 2 heterocycles. The van der Waals surface area contributed by atoms with Crippen LogP contribution < -0.4 is 4.74 Å². The van der Waals surface area contributed by atoms with Gasteiger partial charge in [-0.1, -0.05) is 19.9 Å². The highest BCUT2D eigenvalue weighted by Gasteiger charge is 2.22. The number of morpholine rings is 1. The molecule has 6 heteroatoms. The second kappa shape index (κ2) is 10.2. The van der Waals surface area contributed by atoms with Gasteiger partial charge in [0.05, 0.1) is 19.8 Å². The van der Waals surface area contributed by atoms with Gasteiger partial charge in [0.15, 0.2) is 0 Å². The first-order valence-electron chi connectivity index (χ1n) is 10.6. The summed E-state index contributed by atoms with van der Waals surface area (Å²) in [4.78, 5) is 19.0. The van der Waals surface area contributed by atoms with Crippen LogP contribution in [0, 0.1) is 6.92 Å². The van der Waals surface area contributed by atoms with Crippen LogP contribution >= 0.6 is 0 Å². The lowest BCUT2D eigenvalue weighted by Gasteiger charge is -2.35. The number of aryl methyl sites for hydroxylation is 1. The Bertz CT molecular complexity index is 636. The van der Waals surface area contributed by atoms with Crippen molar-refractivity contribution in [1.82, 2.24) is 14.7 Å². The summed E-state index contributed by atoms with van der Waals surface area (Å²) >= 11 is 0. The summed E-state index contributed by atoms with van der Waals surface area (Å²) in [5.74, 6) is 1.73. The second-order valence-corrected chi connectivity index (χ2v) is 8.13. The van der Waals surface area contributed by atoms with E-state index in [-0.39, 0.29) is 5.91 Å². The van der Waals surface area contributed by atoms with Crippen molar-refractivity contribution < 1.29 is 14.3 Å². The van der Waals surface area contributed by atoms with Gasteiger partial charge in [0, 0.05) is 45.8 Å². The van der Waals surface area contributed by atoms with Gasteiger partial charge in [0.25, 0.3) is 0 Å². The van der Waals surface area contributed by atoms with Crippen molar-refractivity contribution in [2.24, 2.45) is 0 Å². The van der Waals surface area contributed by atoms with E-state index in [0.717, 1.165) is 51.6 Å². The molecular weight excluding hydrogens is 354 g/mol. The first kappa shape index (κ1) is 21.1. The molecule has 0 unspecified atom stereocenters. The summed E-state index contributed by atoms with van der Waals surface area (Å²) in [6.07, 6.45) is 0. The Kier molecular flexibility index (Phi) is 7.71. The number of ether oxygens (including phenoxy) is 2. The van der Waals surface area contributed by atoms with Gasteiger partial charge < -0.3 is 14.4 Å². The third-order valence-electron chi connectivity index (χ3n) is 5.73. The summed E-state index contributed by atoms with van der Waals surface area (Å²) in [5, 5.41) is 0. The van der Waals surface area contributed by atoms with Crippen LogP contribution in [0.5, 0.6) is 5.75 Å². The summed E-state index contributed by atoms with van der Waals surface area (Å²) in [6.45, 7) is 15.4. The lowest BCUT2D eigenvalue weighted by Crippen LogP contribution is -2.52. The zero-order valence-corrected chi connectivity index (χ0v) is 17.7. The van der Waals surface area contributed by atoms with E-state index < -0.39 is 0 Å². The SMILES string of the molecule is Cc1cc(OCCN2CCN(CC(=O)N3CCOCC3)CC2)ccc1C(C)C. The molecule has 0 radical (unpaired) electrons. The van der Waals surface area contributed by atoms with Gasteiger partial charge in [-0.2, -0.15) is 0 Å². The maximum Gasteiger partial charge on any atom is 0.236 e. The number of nitrogens with zero attached hydrogens (tertiary/aromatic N) is 3. The number of hydrogen-bond acceptors (Lipinski definition) is 5. The fraction of sp³-hybridized carbons (Fsp3) is 0.682. The second-order valence-electron chi connectivity index (χ2n) is 8.13. The van der Waals surface area contributed by atoms with Gasteiger partial charge in [-0.3, -0.25) is 14.6 Å². The molecule has 3 rings (SSSR count). The molecule has 1 aromatic carbocycles. The van der Waals surface area contributed by atoms with Crippen molar-refractivity contribution in [1.29, 1.82) is 0 Å². The fourth-order valence-electron chi connectivity index (χ4n) is 3.95. The highest BCUT2D eigenvalue weighted by Crippen LogP contribution is 2.23. The Hall–Kier alpha value is -1.63. The lowest BCUT2D eigenvalue weighted by molar-refractivity contribution is -0.136. The van der Waals surface area contributed by atoms with Crippen molar-refractivity contribution in [3.05, 3.63) is 29.3 Å². The van der Waals surface area contributed by atoms with Crippen LogP contribution in [-0.4, -0.2) is 92.8 Å². The van der Waals surface area contributed by atoms with Gasteiger partial charge in [0.2, 0.25) is 5.91 Å². The molecule has 0 aliphatic carbocycles. The van der Waals surface area contributed by atoms with Crippen molar-refractivity contribution in [3.63, 3.8) is 0 Å². The number of carbonyl (C=O) groups is 1. The molecule has 0 aromatic heterocycles. The van der Waals surface area contributed by atoms with E-state index in [1.165, 1.54) is 11.1 Å². The topological polar surface area (TPSA) is 45.2 Å². The van der Waals surface area contributed by atoms with Crippen molar-refractivity contribution in [2.45, 2.75) is 26.7 Å². The Morgan fingerprint density at radius 1 is 1.07 bits per heavy atom. The predicted molar refractivity (Wildman–Crippen MR) is 111 cm³/mol. The van der Waals surface area contributed by atoms with Gasteiger partial charge in [-0.15, -0.1) is 0 Å². The molecule has 1 amide bonds. The molecule has 156 valence electrons. The number of benzene rings is 1. The van der Waals surface area contributed by atoms with Gasteiger partial charge >= 0.3 is 0 Å². The highest BCUT2D eigenvalue weighted by atomic mass is 16.5. The molecule has 0 bridgehead atoms. The summed E-state index contributed by atoms with van der Waals surface area (Å²) in [6, 6.07) is 6.40. The van der Waals surface area contributed by atoms with Crippen LogP contribution in [0.1, 0.15) is 30.9 Å². The Morgan fingerprint density at radius 3 is 2.39 bits per heavy atom. The summed E-state index contributed by atoms with van der Waals surface area (Å²) < 4.78 is 11.3. The molecule has 28 heavy (non-hydrogen) atoms. The molecular formula is C22H35N3O3. The van der Waals surface area contributed by atoms with Crippen LogP contribution in [0.4, 0.5) is 0 Å². The zero-order chi connectivity index (χ0) is 19.9. The van der Waals surface area contributed by atoms with Crippen LogP contribution in [0.15, 0.2) is 18.2 Å². The lowest BCUT2D eigenvalue weighted by atomic mass is 9.98. The minimum Gasteiger partial charge on any atom is -0.492 e. The van der Waals surface area contributed by atoms with Crippen LogP contribution in [0.3, 0.4) is 0 Å². The minimum atomic E-state index is 0.236. The van der Waals surface area contributed by atoms with Crippen LogP contribution in [0.25, 0.3) is 0 Å². The maximum absolute atomic E-state index is 12.4. The Morgan fingerprint density at radius 2 is 1.75 bits per heavy atom. The first-order valence-corrected chi connectivity index (χ1v) is 10.6. The molecule has 2 aliphatic heterocycles. The molecule has 2 saturated heterocycles. The van der Waals surface area contributed by atoms with Gasteiger partial charge in [-0.05, 0) is 36.1 Å². The van der Waals surface area contributed by atoms with E-state index in [1.54, 1.807) is 0 Å². The van der Waals surface area contributed by atoms with E-state index >= 15 is 0 Å². The van der Waals surface area contributed by atoms with E-state index in [2.05, 4.69) is 48.8 Å². The largest absolute Gasteiger partial charge is 0.492 e. The highest BCUT2D eigenvalue weighted by molar-refractivity contribution is 5.78. The predicted octanol–water partition coefficient (Wildman–Crippen LogP) is 1.97. The van der Waals surface area contributed by atoms with Gasteiger partial charge in [-0.25, -0.2) is 0 Å². The smallest absolute Gasteiger partial charge is 0.236 e. The molecule has 2 fully saturated rings. The maximum atomic E-state index is 12.4. The quantitative estimate of drug-likeness (QED) is 0.714. The standard InChI is InChI=1S/C22H35N3O3/c1-18(2)21-5-4-20(16-19(21)3)28-15-10-23-6-8-24(9-7-23)17-22(26)25-11-13-27-14-12-25/h4-5,16,18H,6-15,17H2,1-3H3. The van der Waals surface area contributed by atoms with Crippen LogP contribution in [-0.2, 0) is 9.53 Å². The van der Waals surface area contributed by atoms with Gasteiger partial charge in [0.1, 0.15) is 12.4 Å². The minimum absolute atomic E-state index is 0.236. The third-order valence-corrected chi connectivity index (χ3v) is 5.73. The monoisotopic (exact) mass is 389 g/mol. The third kappa shape index (κ3) is 5.93. The average molecular weight is 390 g/mol. The van der Waals surface area contributed by atoms with Crippen molar-refractivity contribution in [3.8, 4) is 5.75 Å². The average Bonchev–Trinajstić information content (AvgIpc) is 2.70. The number of amides is 1. The van der Waals surface area contributed by atoms with E-state index in [0.29, 0.717) is 32.3 Å². The molecule has 2 aliphatic rings. The molecule has 0 saturated carbocycles. The fourth-order valence-corrected chi connectivity index (χ4v) is 3.95. The van der Waals surface area contributed by atoms with Crippen LogP contribution in [0.2, 0.25) is 0 Å². The summed E-state index contributed by atoms with van der Waals surface area (Å²) in [5.41, 5.74) is 2.68. The summed E-state index contributed by atoms with van der Waals surface area (Å²) in [7, 11) is 0. The molecule has 1 aromatic rings. The number of hydrogen-bond donors (Lipinski definition) is 0. The molecule has 6 nitrogen and oxygen atoms in total. The van der Waals surface area contributed by atoms with E-state index in [9.17, 15) is 4.79 Å². The number of piperazine rings is 1. The zero-order valence-electron chi connectivity index (χ0n) is 17.7. The van der Waals surface area contributed by atoms with E-state index in [4.69, 9.17) is 9.47 Å². The number of rotatable bonds is 7.